The normalized spacial score (nSPS) is 16.9. The van der Waals surface area contributed by atoms with Crippen molar-refractivity contribution >= 4 is 33.1 Å². The molecule has 0 saturated heterocycles. The van der Waals surface area contributed by atoms with Crippen molar-refractivity contribution in [3.05, 3.63) is 23.7 Å². The van der Waals surface area contributed by atoms with Crippen LogP contribution in [0.3, 0.4) is 0 Å². The van der Waals surface area contributed by atoms with E-state index in [-0.39, 0.29) is 11.8 Å². The van der Waals surface area contributed by atoms with Gasteiger partial charge in [0.15, 0.2) is 0 Å². The van der Waals surface area contributed by atoms with Gasteiger partial charge >= 0.3 is 0 Å². The van der Waals surface area contributed by atoms with Gasteiger partial charge in [0.05, 0.1) is 15.7 Å². The Hall–Kier alpha value is -1.42. The first-order chi connectivity index (χ1) is 8.83. The van der Waals surface area contributed by atoms with Gasteiger partial charge < -0.3 is 5.32 Å². The average Bonchev–Trinajstić information content (AvgIpc) is 2.87. The molecular formula is C14H16N2OS. The molecule has 1 aromatic heterocycles. The molecule has 0 bridgehead atoms. The molecule has 18 heavy (non-hydrogen) atoms. The molecule has 0 spiro atoms. The van der Waals surface area contributed by atoms with Crippen LogP contribution in [0.5, 0.6) is 0 Å². The van der Waals surface area contributed by atoms with Crippen LogP contribution in [-0.2, 0) is 4.79 Å². The van der Waals surface area contributed by atoms with E-state index >= 15 is 0 Å². The van der Waals surface area contributed by atoms with E-state index in [0.717, 1.165) is 28.7 Å². The Morgan fingerprint density at radius 3 is 2.94 bits per heavy atom. The number of amides is 1. The molecule has 3 rings (SSSR count). The molecule has 0 unspecified atom stereocenters. The maximum Gasteiger partial charge on any atom is 0.227 e. The third-order valence-electron chi connectivity index (χ3n) is 3.57. The maximum absolute atomic E-state index is 12.1. The zero-order valence-electron chi connectivity index (χ0n) is 10.2. The molecule has 1 aliphatic rings. The summed E-state index contributed by atoms with van der Waals surface area (Å²) in [6, 6.07) is 5.90. The van der Waals surface area contributed by atoms with Gasteiger partial charge in [-0.3, -0.25) is 4.79 Å². The Kier molecular flexibility index (Phi) is 3.28. The number of hydrogen-bond donors (Lipinski definition) is 1. The summed E-state index contributed by atoms with van der Waals surface area (Å²) in [7, 11) is 0. The number of carbonyl (C=O) groups excluding carboxylic acids is 1. The summed E-state index contributed by atoms with van der Waals surface area (Å²) in [4.78, 5) is 16.4. The molecule has 0 atom stereocenters. The minimum absolute atomic E-state index is 0.179. The van der Waals surface area contributed by atoms with Gasteiger partial charge in [0.25, 0.3) is 0 Å². The minimum atomic E-state index is 0.179. The molecule has 4 heteroatoms. The molecule has 1 heterocycles. The molecule has 1 amide bonds. The van der Waals surface area contributed by atoms with E-state index in [1.807, 2.05) is 23.7 Å². The Morgan fingerprint density at radius 1 is 1.28 bits per heavy atom. The van der Waals surface area contributed by atoms with Crippen LogP contribution in [-0.4, -0.2) is 10.9 Å². The second kappa shape index (κ2) is 5.06. The number of fused-ring (bicyclic) bond motifs is 1. The number of nitrogens with one attached hydrogen (secondary N) is 1. The highest BCUT2D eigenvalue weighted by molar-refractivity contribution is 7.16. The highest BCUT2D eigenvalue weighted by Crippen LogP contribution is 2.26. The molecule has 0 aliphatic heterocycles. The van der Waals surface area contributed by atoms with E-state index in [2.05, 4.69) is 10.3 Å². The van der Waals surface area contributed by atoms with Crippen molar-refractivity contribution < 1.29 is 4.79 Å². The first-order valence-corrected chi connectivity index (χ1v) is 7.35. The van der Waals surface area contributed by atoms with Gasteiger partial charge in [-0.15, -0.1) is 11.3 Å². The molecule has 2 aromatic rings. The molecule has 1 N–H and O–H groups in total. The predicted octanol–water partition coefficient (Wildman–Crippen LogP) is 3.82. The Morgan fingerprint density at radius 2 is 2.11 bits per heavy atom. The first kappa shape index (κ1) is 11.7. The second-order valence-electron chi connectivity index (χ2n) is 4.86. The topological polar surface area (TPSA) is 42.0 Å². The lowest BCUT2D eigenvalue weighted by Gasteiger charge is -2.20. The quantitative estimate of drug-likeness (QED) is 0.892. The molecule has 1 aliphatic carbocycles. The zero-order valence-corrected chi connectivity index (χ0v) is 11.0. The van der Waals surface area contributed by atoms with Gasteiger partial charge in [0.2, 0.25) is 5.91 Å². The standard InChI is InChI=1S/C14H16N2OS/c17-14(10-4-2-1-3-5-10)16-11-6-7-12-13(8-11)18-9-15-12/h6-10H,1-5H2,(H,16,17). The largest absolute Gasteiger partial charge is 0.326 e. The molecular weight excluding hydrogens is 244 g/mol. The van der Waals surface area contributed by atoms with E-state index in [1.165, 1.54) is 19.3 Å². The fourth-order valence-electron chi connectivity index (χ4n) is 2.54. The number of thiazole rings is 1. The fourth-order valence-corrected chi connectivity index (χ4v) is 3.26. The van der Waals surface area contributed by atoms with Crippen molar-refractivity contribution in [3.8, 4) is 0 Å². The van der Waals surface area contributed by atoms with Crippen molar-refractivity contribution in [1.29, 1.82) is 0 Å². The molecule has 94 valence electrons. The average molecular weight is 260 g/mol. The van der Waals surface area contributed by atoms with Crippen molar-refractivity contribution in [2.45, 2.75) is 32.1 Å². The van der Waals surface area contributed by atoms with Crippen LogP contribution in [0.15, 0.2) is 23.7 Å². The Balaban J connectivity index is 1.72. The zero-order chi connectivity index (χ0) is 12.4. The molecule has 1 aromatic carbocycles. The van der Waals surface area contributed by atoms with Gasteiger partial charge in [-0.2, -0.15) is 0 Å². The second-order valence-corrected chi connectivity index (χ2v) is 5.75. The summed E-state index contributed by atoms with van der Waals surface area (Å²) in [5.41, 5.74) is 3.72. The lowest BCUT2D eigenvalue weighted by molar-refractivity contribution is -0.120. The third kappa shape index (κ3) is 2.38. The van der Waals surface area contributed by atoms with Crippen molar-refractivity contribution in [1.82, 2.24) is 4.98 Å². The summed E-state index contributed by atoms with van der Waals surface area (Å²) < 4.78 is 1.12. The van der Waals surface area contributed by atoms with E-state index < -0.39 is 0 Å². The van der Waals surface area contributed by atoms with Crippen LogP contribution in [0, 0.1) is 5.92 Å². The molecule has 1 saturated carbocycles. The van der Waals surface area contributed by atoms with Crippen LogP contribution in [0.2, 0.25) is 0 Å². The number of hydrogen-bond acceptors (Lipinski definition) is 3. The van der Waals surface area contributed by atoms with Crippen LogP contribution in [0.4, 0.5) is 5.69 Å². The lowest BCUT2D eigenvalue weighted by atomic mass is 9.88. The van der Waals surface area contributed by atoms with Gasteiger partial charge in [-0.05, 0) is 31.0 Å². The van der Waals surface area contributed by atoms with Crippen molar-refractivity contribution in [2.24, 2.45) is 5.92 Å². The molecule has 0 radical (unpaired) electrons. The highest BCUT2D eigenvalue weighted by atomic mass is 32.1. The van der Waals surface area contributed by atoms with Gasteiger partial charge in [0.1, 0.15) is 0 Å². The van der Waals surface area contributed by atoms with Crippen molar-refractivity contribution in [2.75, 3.05) is 5.32 Å². The number of anilines is 1. The van der Waals surface area contributed by atoms with Gasteiger partial charge in [-0.25, -0.2) is 4.98 Å². The summed E-state index contributed by atoms with van der Waals surface area (Å²) in [5, 5.41) is 3.03. The first-order valence-electron chi connectivity index (χ1n) is 6.47. The number of benzene rings is 1. The smallest absolute Gasteiger partial charge is 0.227 e. The number of rotatable bonds is 2. The van der Waals surface area contributed by atoms with E-state index in [0.29, 0.717) is 0 Å². The van der Waals surface area contributed by atoms with E-state index in [4.69, 9.17) is 0 Å². The maximum atomic E-state index is 12.1. The monoisotopic (exact) mass is 260 g/mol. The summed E-state index contributed by atoms with van der Waals surface area (Å²) in [5.74, 6) is 0.384. The van der Waals surface area contributed by atoms with E-state index in [9.17, 15) is 4.79 Å². The Labute approximate surface area is 110 Å². The number of aromatic nitrogens is 1. The SMILES string of the molecule is O=C(Nc1ccc2ncsc2c1)C1CCCCC1. The van der Waals surface area contributed by atoms with Crippen LogP contribution < -0.4 is 5.32 Å². The van der Waals surface area contributed by atoms with Crippen molar-refractivity contribution in [3.63, 3.8) is 0 Å². The fraction of sp³-hybridized carbons (Fsp3) is 0.429. The number of carbonyl (C=O) groups is 1. The lowest BCUT2D eigenvalue weighted by Crippen LogP contribution is -2.24. The molecule has 1 fully saturated rings. The predicted molar refractivity (Wildman–Crippen MR) is 74.8 cm³/mol. The number of nitrogens with zero attached hydrogens (tertiary/aromatic N) is 1. The van der Waals surface area contributed by atoms with Crippen LogP contribution >= 0.6 is 11.3 Å². The molecule has 3 nitrogen and oxygen atoms in total. The minimum Gasteiger partial charge on any atom is -0.326 e. The van der Waals surface area contributed by atoms with Gasteiger partial charge in [-0.1, -0.05) is 19.3 Å². The summed E-state index contributed by atoms with van der Waals surface area (Å²) >= 11 is 1.60. The Bertz CT molecular complexity index is 558. The van der Waals surface area contributed by atoms with Crippen LogP contribution in [0.25, 0.3) is 10.2 Å². The highest BCUT2D eigenvalue weighted by Gasteiger charge is 2.21. The van der Waals surface area contributed by atoms with E-state index in [1.54, 1.807) is 11.3 Å². The van der Waals surface area contributed by atoms with Crippen LogP contribution in [0.1, 0.15) is 32.1 Å². The summed E-state index contributed by atoms with van der Waals surface area (Å²) in [6.07, 6.45) is 5.72. The van der Waals surface area contributed by atoms with Gasteiger partial charge in [0, 0.05) is 11.6 Å². The summed E-state index contributed by atoms with van der Waals surface area (Å²) in [6.45, 7) is 0. The third-order valence-corrected chi connectivity index (χ3v) is 4.37.